The van der Waals surface area contributed by atoms with Gasteiger partial charge in [-0.1, -0.05) is 6.07 Å². The molecule has 1 amide bonds. The molecule has 2 rings (SSSR count). The van der Waals surface area contributed by atoms with Gasteiger partial charge in [-0.05, 0) is 50.2 Å². The predicted molar refractivity (Wildman–Crippen MR) is 85.7 cm³/mol. The van der Waals surface area contributed by atoms with E-state index in [9.17, 15) is 13.6 Å². The van der Waals surface area contributed by atoms with E-state index in [1.165, 1.54) is 6.07 Å². The van der Waals surface area contributed by atoms with Crippen LogP contribution >= 0.6 is 0 Å². The Morgan fingerprint density at radius 3 is 2.26 bits per heavy atom. The zero-order valence-electron chi connectivity index (χ0n) is 12.9. The average molecular weight is 320 g/mol. The van der Waals surface area contributed by atoms with E-state index >= 15 is 0 Å². The molecule has 0 unspecified atom stereocenters. The van der Waals surface area contributed by atoms with Gasteiger partial charge in [0.25, 0.3) is 0 Å². The number of nitrogens with one attached hydrogen (secondary N) is 2. The van der Waals surface area contributed by atoms with Gasteiger partial charge in [-0.3, -0.25) is 4.79 Å². The molecule has 0 spiro atoms. The second kappa shape index (κ2) is 7.58. The second-order valence-corrected chi connectivity index (χ2v) is 5.19. The number of hydrogen-bond donors (Lipinski definition) is 2. The van der Waals surface area contributed by atoms with Crippen LogP contribution in [0.3, 0.4) is 0 Å². The molecule has 0 aliphatic rings. The fourth-order valence-corrected chi connectivity index (χ4v) is 1.91. The number of amides is 1. The first-order valence-electron chi connectivity index (χ1n) is 7.20. The Hall–Kier alpha value is -2.63. The van der Waals surface area contributed by atoms with E-state index in [4.69, 9.17) is 4.74 Å². The van der Waals surface area contributed by atoms with E-state index in [-0.39, 0.29) is 12.6 Å². The third-order valence-corrected chi connectivity index (χ3v) is 2.91. The van der Waals surface area contributed by atoms with Crippen molar-refractivity contribution in [2.75, 3.05) is 17.2 Å². The van der Waals surface area contributed by atoms with Gasteiger partial charge in [0.1, 0.15) is 23.1 Å². The van der Waals surface area contributed by atoms with Gasteiger partial charge in [0.15, 0.2) is 0 Å². The Morgan fingerprint density at radius 1 is 1.09 bits per heavy atom. The molecule has 6 heteroatoms. The summed E-state index contributed by atoms with van der Waals surface area (Å²) in [5, 5.41) is 5.08. The summed E-state index contributed by atoms with van der Waals surface area (Å²) in [6.07, 6.45) is 0.0789. The number of ether oxygens (including phenoxy) is 1. The first-order valence-corrected chi connectivity index (χ1v) is 7.20. The average Bonchev–Trinajstić information content (AvgIpc) is 2.50. The second-order valence-electron chi connectivity index (χ2n) is 5.19. The van der Waals surface area contributed by atoms with Crippen molar-refractivity contribution in [2.45, 2.75) is 20.0 Å². The van der Waals surface area contributed by atoms with Gasteiger partial charge in [0, 0.05) is 5.69 Å². The van der Waals surface area contributed by atoms with E-state index in [2.05, 4.69) is 10.6 Å². The molecule has 0 aliphatic carbocycles. The molecule has 122 valence electrons. The zero-order valence-corrected chi connectivity index (χ0v) is 12.9. The number of benzene rings is 2. The summed E-state index contributed by atoms with van der Waals surface area (Å²) in [5.41, 5.74) is 0.255. The van der Waals surface area contributed by atoms with Crippen LogP contribution in [-0.2, 0) is 4.79 Å². The maximum absolute atomic E-state index is 13.4. The standard InChI is InChI=1S/C17H18F2N2O2/c1-11(2)23-13-8-6-12(7-9-13)20-10-16(22)21-17-14(18)4-3-5-15(17)19/h3-9,11,20H,10H2,1-2H3,(H,21,22). The Kier molecular flexibility index (Phi) is 5.51. The molecule has 0 fully saturated rings. The molecule has 0 bridgehead atoms. The monoisotopic (exact) mass is 320 g/mol. The van der Waals surface area contributed by atoms with E-state index in [1.54, 1.807) is 24.3 Å². The lowest BCUT2D eigenvalue weighted by molar-refractivity contribution is -0.114. The normalized spacial score (nSPS) is 10.5. The number of hydrogen-bond acceptors (Lipinski definition) is 3. The molecule has 4 nitrogen and oxygen atoms in total. The first kappa shape index (κ1) is 16.7. The fraction of sp³-hybridized carbons (Fsp3) is 0.235. The molecule has 0 heterocycles. The molecular formula is C17H18F2N2O2. The van der Waals surface area contributed by atoms with Gasteiger partial charge in [-0.15, -0.1) is 0 Å². The number of carbonyl (C=O) groups excluding carboxylic acids is 1. The number of anilines is 2. The lowest BCUT2D eigenvalue weighted by atomic mass is 10.2. The zero-order chi connectivity index (χ0) is 16.8. The highest BCUT2D eigenvalue weighted by molar-refractivity contribution is 5.93. The van der Waals surface area contributed by atoms with E-state index in [0.717, 1.165) is 17.9 Å². The summed E-state index contributed by atoms with van der Waals surface area (Å²) < 4.78 is 32.4. The van der Waals surface area contributed by atoms with E-state index in [1.807, 2.05) is 13.8 Å². The highest BCUT2D eigenvalue weighted by atomic mass is 19.1. The SMILES string of the molecule is CC(C)Oc1ccc(NCC(=O)Nc2c(F)cccc2F)cc1. The quantitative estimate of drug-likeness (QED) is 0.851. The molecule has 0 radical (unpaired) electrons. The van der Waals surface area contributed by atoms with Crippen LogP contribution in [0.4, 0.5) is 20.2 Å². The van der Waals surface area contributed by atoms with Crippen molar-refractivity contribution < 1.29 is 18.3 Å². The smallest absolute Gasteiger partial charge is 0.243 e. The number of rotatable bonds is 6. The third kappa shape index (κ3) is 4.95. The van der Waals surface area contributed by atoms with Crippen molar-refractivity contribution in [3.05, 3.63) is 54.1 Å². The lowest BCUT2D eigenvalue weighted by Gasteiger charge is -2.11. The molecule has 0 saturated carbocycles. The summed E-state index contributed by atoms with van der Waals surface area (Å²) in [6, 6.07) is 10.5. The topological polar surface area (TPSA) is 50.4 Å². The summed E-state index contributed by atoms with van der Waals surface area (Å²) in [6.45, 7) is 3.74. The van der Waals surface area contributed by atoms with Gasteiger partial charge >= 0.3 is 0 Å². The van der Waals surface area contributed by atoms with Crippen LogP contribution in [0.5, 0.6) is 5.75 Å². The summed E-state index contributed by atoms with van der Waals surface area (Å²) >= 11 is 0. The Bertz CT molecular complexity index is 653. The Morgan fingerprint density at radius 2 is 1.70 bits per heavy atom. The minimum atomic E-state index is -0.812. The molecule has 0 aromatic heterocycles. The highest BCUT2D eigenvalue weighted by Crippen LogP contribution is 2.19. The van der Waals surface area contributed by atoms with Crippen LogP contribution in [0.25, 0.3) is 0 Å². The van der Waals surface area contributed by atoms with Gasteiger partial charge in [-0.25, -0.2) is 8.78 Å². The van der Waals surface area contributed by atoms with Gasteiger partial charge < -0.3 is 15.4 Å². The van der Waals surface area contributed by atoms with Crippen molar-refractivity contribution >= 4 is 17.3 Å². The van der Waals surface area contributed by atoms with Crippen LogP contribution in [0, 0.1) is 11.6 Å². The minimum Gasteiger partial charge on any atom is -0.491 e. The molecule has 2 aromatic rings. The largest absolute Gasteiger partial charge is 0.491 e. The molecule has 2 N–H and O–H groups in total. The third-order valence-electron chi connectivity index (χ3n) is 2.91. The molecule has 0 aliphatic heterocycles. The Labute approximate surface area is 133 Å². The van der Waals surface area contributed by atoms with Crippen molar-refractivity contribution in [3.63, 3.8) is 0 Å². The molecule has 23 heavy (non-hydrogen) atoms. The molecule has 0 atom stereocenters. The van der Waals surface area contributed by atoms with E-state index in [0.29, 0.717) is 5.69 Å². The molecule has 0 saturated heterocycles. The van der Waals surface area contributed by atoms with Crippen molar-refractivity contribution in [1.29, 1.82) is 0 Å². The van der Waals surface area contributed by atoms with Crippen LogP contribution in [0.2, 0.25) is 0 Å². The first-order chi connectivity index (χ1) is 11.0. The summed E-state index contributed by atoms with van der Waals surface area (Å²) in [7, 11) is 0. The van der Waals surface area contributed by atoms with Crippen LogP contribution in [-0.4, -0.2) is 18.6 Å². The van der Waals surface area contributed by atoms with Gasteiger partial charge in [-0.2, -0.15) is 0 Å². The Balaban J connectivity index is 1.89. The van der Waals surface area contributed by atoms with Crippen molar-refractivity contribution in [1.82, 2.24) is 0 Å². The fourth-order valence-electron chi connectivity index (χ4n) is 1.91. The van der Waals surface area contributed by atoms with Crippen molar-refractivity contribution in [2.24, 2.45) is 0 Å². The van der Waals surface area contributed by atoms with E-state index < -0.39 is 23.2 Å². The van der Waals surface area contributed by atoms with Crippen LogP contribution in [0.1, 0.15) is 13.8 Å². The summed E-state index contributed by atoms with van der Waals surface area (Å²) in [5.74, 6) is -1.44. The van der Waals surface area contributed by atoms with Gasteiger partial charge in [0.2, 0.25) is 5.91 Å². The lowest BCUT2D eigenvalue weighted by Crippen LogP contribution is -2.23. The van der Waals surface area contributed by atoms with Crippen LogP contribution in [0.15, 0.2) is 42.5 Å². The van der Waals surface area contributed by atoms with Gasteiger partial charge in [0.05, 0.1) is 12.6 Å². The maximum Gasteiger partial charge on any atom is 0.243 e. The number of para-hydroxylation sites is 1. The minimum absolute atomic E-state index is 0.0789. The highest BCUT2D eigenvalue weighted by Gasteiger charge is 2.11. The molecular weight excluding hydrogens is 302 g/mol. The summed E-state index contributed by atoms with van der Waals surface area (Å²) in [4.78, 5) is 11.8. The molecule has 2 aromatic carbocycles. The van der Waals surface area contributed by atoms with Crippen LogP contribution < -0.4 is 15.4 Å². The van der Waals surface area contributed by atoms with Crippen molar-refractivity contribution in [3.8, 4) is 5.75 Å². The maximum atomic E-state index is 13.4. The number of carbonyl (C=O) groups is 1. The predicted octanol–water partition coefficient (Wildman–Crippen LogP) is 3.80. The number of halogens is 2.